The average Bonchev–Trinajstić information content (AvgIpc) is 2.79. The molecule has 0 aliphatic heterocycles. The van der Waals surface area contributed by atoms with Crippen molar-refractivity contribution in [2.75, 3.05) is 0 Å². The molecule has 3 heteroatoms. The minimum atomic E-state index is 0.282. The van der Waals surface area contributed by atoms with E-state index in [4.69, 9.17) is 0 Å². The molecule has 0 saturated heterocycles. The second-order valence-electron chi connectivity index (χ2n) is 3.95. The standard InChI is InChI=1S/C15H11NOS/c17-12-7-8-13-14(10-12)18-15(16-13)9-6-11-4-2-1-3-5-11/h1-10,17H. The summed E-state index contributed by atoms with van der Waals surface area (Å²) in [4.78, 5) is 4.49. The number of nitrogens with zero attached hydrogens (tertiary/aromatic N) is 1. The Morgan fingerprint density at radius 1 is 1.00 bits per heavy atom. The largest absolute Gasteiger partial charge is 0.508 e. The highest BCUT2D eigenvalue weighted by molar-refractivity contribution is 7.19. The van der Waals surface area contributed by atoms with Crippen molar-refractivity contribution in [1.82, 2.24) is 4.98 Å². The molecule has 0 saturated carbocycles. The second kappa shape index (κ2) is 4.63. The van der Waals surface area contributed by atoms with Gasteiger partial charge >= 0.3 is 0 Å². The fourth-order valence-corrected chi connectivity index (χ4v) is 2.64. The third-order valence-electron chi connectivity index (χ3n) is 2.61. The molecule has 1 heterocycles. The summed E-state index contributed by atoms with van der Waals surface area (Å²) >= 11 is 1.57. The van der Waals surface area contributed by atoms with Gasteiger partial charge in [0.15, 0.2) is 0 Å². The summed E-state index contributed by atoms with van der Waals surface area (Å²) in [5.41, 5.74) is 2.07. The van der Waals surface area contributed by atoms with Crippen molar-refractivity contribution < 1.29 is 5.11 Å². The Morgan fingerprint density at radius 2 is 1.83 bits per heavy atom. The van der Waals surface area contributed by atoms with Crippen molar-refractivity contribution in [3.63, 3.8) is 0 Å². The Bertz CT molecular complexity index is 701. The van der Waals surface area contributed by atoms with E-state index in [1.165, 1.54) is 0 Å². The van der Waals surface area contributed by atoms with Gasteiger partial charge in [0.05, 0.1) is 10.2 Å². The van der Waals surface area contributed by atoms with Gasteiger partial charge in [-0.3, -0.25) is 0 Å². The topological polar surface area (TPSA) is 33.1 Å². The molecule has 3 aromatic rings. The van der Waals surface area contributed by atoms with E-state index in [2.05, 4.69) is 17.1 Å². The van der Waals surface area contributed by atoms with E-state index in [9.17, 15) is 5.11 Å². The SMILES string of the molecule is Oc1ccc2nc(C=Cc3ccccc3)sc2c1. The van der Waals surface area contributed by atoms with Crippen LogP contribution in [0.2, 0.25) is 0 Å². The summed E-state index contributed by atoms with van der Waals surface area (Å²) in [6, 6.07) is 15.4. The molecular weight excluding hydrogens is 242 g/mol. The maximum atomic E-state index is 9.41. The number of hydrogen-bond acceptors (Lipinski definition) is 3. The fraction of sp³-hybridized carbons (Fsp3) is 0. The van der Waals surface area contributed by atoms with Crippen LogP contribution in [0.3, 0.4) is 0 Å². The molecule has 0 atom stereocenters. The van der Waals surface area contributed by atoms with Crippen molar-refractivity contribution in [2.45, 2.75) is 0 Å². The predicted octanol–water partition coefficient (Wildman–Crippen LogP) is 4.17. The molecule has 88 valence electrons. The molecule has 0 unspecified atom stereocenters. The van der Waals surface area contributed by atoms with Crippen LogP contribution in [-0.2, 0) is 0 Å². The summed E-state index contributed by atoms with van der Waals surface area (Å²) in [6.07, 6.45) is 4.04. The Labute approximate surface area is 109 Å². The fourth-order valence-electron chi connectivity index (χ4n) is 1.73. The number of aromatic nitrogens is 1. The molecule has 0 aliphatic rings. The van der Waals surface area contributed by atoms with Crippen molar-refractivity contribution in [3.8, 4) is 5.75 Å². The summed E-state index contributed by atoms with van der Waals surface area (Å²) in [5, 5.41) is 10.4. The zero-order valence-electron chi connectivity index (χ0n) is 9.58. The molecule has 0 amide bonds. The molecule has 1 aromatic heterocycles. The van der Waals surface area contributed by atoms with Crippen molar-refractivity contribution >= 4 is 33.7 Å². The molecule has 2 nitrogen and oxygen atoms in total. The first-order chi connectivity index (χ1) is 8.81. The molecule has 0 bridgehead atoms. The Kier molecular flexibility index (Phi) is 2.82. The van der Waals surface area contributed by atoms with E-state index in [0.717, 1.165) is 20.8 Å². The zero-order chi connectivity index (χ0) is 12.4. The Morgan fingerprint density at radius 3 is 2.67 bits per heavy atom. The van der Waals surface area contributed by atoms with E-state index in [1.807, 2.05) is 36.4 Å². The number of phenols is 1. The number of phenolic OH excluding ortho intramolecular Hbond substituents is 1. The molecule has 0 fully saturated rings. The molecule has 0 spiro atoms. The van der Waals surface area contributed by atoms with E-state index in [-0.39, 0.29) is 5.75 Å². The molecule has 0 aliphatic carbocycles. The van der Waals surface area contributed by atoms with Crippen molar-refractivity contribution in [3.05, 3.63) is 59.1 Å². The number of rotatable bonds is 2. The van der Waals surface area contributed by atoms with Crippen LogP contribution in [0.25, 0.3) is 22.4 Å². The lowest BCUT2D eigenvalue weighted by Crippen LogP contribution is -1.70. The van der Waals surface area contributed by atoms with Crippen LogP contribution >= 0.6 is 11.3 Å². The van der Waals surface area contributed by atoms with E-state index in [1.54, 1.807) is 23.5 Å². The Hall–Kier alpha value is -2.13. The van der Waals surface area contributed by atoms with Crippen molar-refractivity contribution in [2.24, 2.45) is 0 Å². The van der Waals surface area contributed by atoms with Gasteiger partial charge in [-0.05, 0) is 29.8 Å². The van der Waals surface area contributed by atoms with Gasteiger partial charge in [0.1, 0.15) is 10.8 Å². The normalized spacial score (nSPS) is 11.3. The highest BCUT2D eigenvalue weighted by Crippen LogP contribution is 2.26. The van der Waals surface area contributed by atoms with Crippen LogP contribution in [0.15, 0.2) is 48.5 Å². The molecule has 3 rings (SSSR count). The van der Waals surface area contributed by atoms with Crippen LogP contribution in [0.4, 0.5) is 0 Å². The van der Waals surface area contributed by atoms with Crippen LogP contribution in [-0.4, -0.2) is 10.1 Å². The lowest BCUT2D eigenvalue weighted by atomic mass is 10.2. The zero-order valence-corrected chi connectivity index (χ0v) is 10.4. The number of thiazole rings is 1. The first-order valence-electron chi connectivity index (χ1n) is 5.64. The van der Waals surface area contributed by atoms with Gasteiger partial charge in [0.2, 0.25) is 0 Å². The smallest absolute Gasteiger partial charge is 0.117 e. The van der Waals surface area contributed by atoms with E-state index in [0.29, 0.717) is 0 Å². The quantitative estimate of drug-likeness (QED) is 0.743. The molecule has 18 heavy (non-hydrogen) atoms. The first kappa shape index (κ1) is 11.0. The van der Waals surface area contributed by atoms with Crippen LogP contribution in [0.5, 0.6) is 5.75 Å². The summed E-state index contributed by atoms with van der Waals surface area (Å²) in [7, 11) is 0. The van der Waals surface area contributed by atoms with Gasteiger partial charge < -0.3 is 5.11 Å². The Balaban J connectivity index is 1.93. The average molecular weight is 253 g/mol. The third-order valence-corrected chi connectivity index (χ3v) is 3.59. The van der Waals surface area contributed by atoms with Gasteiger partial charge in [0.25, 0.3) is 0 Å². The van der Waals surface area contributed by atoms with Gasteiger partial charge in [-0.1, -0.05) is 36.4 Å². The minimum absolute atomic E-state index is 0.282. The number of benzene rings is 2. The van der Waals surface area contributed by atoms with Crippen LogP contribution < -0.4 is 0 Å². The van der Waals surface area contributed by atoms with Gasteiger partial charge in [0, 0.05) is 0 Å². The van der Waals surface area contributed by atoms with Gasteiger partial charge in [-0.25, -0.2) is 4.98 Å². The lowest BCUT2D eigenvalue weighted by molar-refractivity contribution is 0.476. The van der Waals surface area contributed by atoms with Crippen LogP contribution in [0.1, 0.15) is 10.6 Å². The number of hydrogen-bond donors (Lipinski definition) is 1. The molecule has 2 aromatic carbocycles. The lowest BCUT2D eigenvalue weighted by Gasteiger charge is -1.89. The van der Waals surface area contributed by atoms with E-state index < -0.39 is 0 Å². The first-order valence-corrected chi connectivity index (χ1v) is 6.45. The second-order valence-corrected chi connectivity index (χ2v) is 5.01. The predicted molar refractivity (Wildman–Crippen MR) is 76.7 cm³/mol. The highest BCUT2D eigenvalue weighted by atomic mass is 32.1. The monoisotopic (exact) mass is 253 g/mol. The summed E-state index contributed by atoms with van der Waals surface area (Å²) in [6.45, 7) is 0. The summed E-state index contributed by atoms with van der Waals surface area (Å²) in [5.74, 6) is 0.282. The number of aromatic hydroxyl groups is 1. The number of fused-ring (bicyclic) bond motifs is 1. The van der Waals surface area contributed by atoms with Gasteiger partial charge in [-0.15, -0.1) is 11.3 Å². The highest BCUT2D eigenvalue weighted by Gasteiger charge is 2.01. The maximum absolute atomic E-state index is 9.41. The minimum Gasteiger partial charge on any atom is -0.508 e. The molecule has 0 radical (unpaired) electrons. The maximum Gasteiger partial charge on any atom is 0.117 e. The third kappa shape index (κ3) is 2.26. The van der Waals surface area contributed by atoms with Crippen LogP contribution in [0, 0.1) is 0 Å². The molecule has 1 N–H and O–H groups in total. The van der Waals surface area contributed by atoms with E-state index >= 15 is 0 Å². The van der Waals surface area contributed by atoms with Crippen molar-refractivity contribution in [1.29, 1.82) is 0 Å². The van der Waals surface area contributed by atoms with Gasteiger partial charge in [-0.2, -0.15) is 0 Å². The molecular formula is C15H11NOS. The summed E-state index contributed by atoms with van der Waals surface area (Å²) < 4.78 is 1.00.